The summed E-state index contributed by atoms with van der Waals surface area (Å²) < 4.78 is 41.1. The van der Waals surface area contributed by atoms with Gasteiger partial charge in [0, 0.05) is 19.5 Å². The van der Waals surface area contributed by atoms with Crippen molar-refractivity contribution in [2.45, 2.75) is 57.5 Å². The first-order valence-corrected chi connectivity index (χ1v) is 17.7. The van der Waals surface area contributed by atoms with Gasteiger partial charge in [-0.3, -0.25) is 13.9 Å². The predicted octanol–water partition coefficient (Wildman–Crippen LogP) is 6.15. The van der Waals surface area contributed by atoms with Crippen molar-refractivity contribution in [1.29, 1.82) is 0 Å². The van der Waals surface area contributed by atoms with Crippen LogP contribution in [0.2, 0.25) is 0 Å². The third-order valence-corrected chi connectivity index (χ3v) is 9.68. The Morgan fingerprint density at radius 1 is 0.854 bits per heavy atom. The van der Waals surface area contributed by atoms with E-state index in [1.54, 1.807) is 55.6 Å². The third-order valence-electron chi connectivity index (χ3n) is 7.91. The molecule has 0 spiro atoms. The second kappa shape index (κ2) is 17.4. The van der Waals surface area contributed by atoms with Gasteiger partial charge in [-0.05, 0) is 67.8 Å². The molecule has 1 atom stereocenters. The molecular formula is C38H45N3O6S. The van der Waals surface area contributed by atoms with Crippen molar-refractivity contribution in [3.05, 3.63) is 120 Å². The highest BCUT2D eigenvalue weighted by molar-refractivity contribution is 7.92. The van der Waals surface area contributed by atoms with Crippen molar-refractivity contribution in [2.24, 2.45) is 0 Å². The quantitative estimate of drug-likeness (QED) is 0.135. The van der Waals surface area contributed by atoms with Gasteiger partial charge in [0.1, 0.15) is 24.1 Å². The van der Waals surface area contributed by atoms with Gasteiger partial charge in [-0.2, -0.15) is 0 Å². The molecule has 48 heavy (non-hydrogen) atoms. The lowest BCUT2D eigenvalue weighted by Gasteiger charge is -2.34. The second-order valence-corrected chi connectivity index (χ2v) is 13.3. The number of para-hydroxylation sites is 2. The van der Waals surface area contributed by atoms with Crippen LogP contribution in [0, 0.1) is 6.92 Å². The van der Waals surface area contributed by atoms with Crippen LogP contribution in [0.1, 0.15) is 43.4 Å². The number of benzene rings is 4. The zero-order valence-corrected chi connectivity index (χ0v) is 28.9. The van der Waals surface area contributed by atoms with E-state index in [-0.39, 0.29) is 29.5 Å². The molecule has 2 amide bonds. The minimum Gasteiger partial charge on any atom is -0.497 e. The molecule has 0 aliphatic rings. The average Bonchev–Trinajstić information content (AvgIpc) is 3.10. The number of hydrogen-bond acceptors (Lipinski definition) is 6. The summed E-state index contributed by atoms with van der Waals surface area (Å²) in [7, 11) is -2.70. The fraction of sp³-hybridized carbons (Fsp3) is 0.316. The first-order valence-electron chi connectivity index (χ1n) is 16.2. The average molecular weight is 672 g/mol. The summed E-state index contributed by atoms with van der Waals surface area (Å²) in [4.78, 5) is 30.2. The molecule has 0 bridgehead atoms. The van der Waals surface area contributed by atoms with Crippen molar-refractivity contribution in [1.82, 2.24) is 10.2 Å². The Bertz CT molecular complexity index is 1750. The number of carbonyl (C=O) groups is 2. The van der Waals surface area contributed by atoms with Crippen LogP contribution in [0.15, 0.2) is 108 Å². The molecule has 1 N–H and O–H groups in total. The monoisotopic (exact) mass is 671 g/mol. The molecule has 254 valence electrons. The number of nitrogens with zero attached hydrogens (tertiary/aromatic N) is 2. The molecule has 1 unspecified atom stereocenters. The van der Waals surface area contributed by atoms with Crippen molar-refractivity contribution in [2.75, 3.05) is 31.1 Å². The highest BCUT2D eigenvalue weighted by Gasteiger charge is 2.35. The van der Waals surface area contributed by atoms with E-state index in [1.165, 1.54) is 17.0 Å². The van der Waals surface area contributed by atoms with Gasteiger partial charge in [0.25, 0.3) is 10.0 Å². The fourth-order valence-corrected chi connectivity index (χ4v) is 6.74. The molecule has 0 aliphatic heterocycles. The minimum atomic E-state index is -4.26. The predicted molar refractivity (Wildman–Crippen MR) is 189 cm³/mol. The molecule has 0 radical (unpaired) electrons. The van der Waals surface area contributed by atoms with E-state index in [2.05, 4.69) is 5.32 Å². The number of methoxy groups -OCH3 is 1. The summed E-state index contributed by atoms with van der Waals surface area (Å²) in [6.07, 6.45) is 1.90. The van der Waals surface area contributed by atoms with Crippen molar-refractivity contribution >= 4 is 27.5 Å². The van der Waals surface area contributed by atoms with Crippen molar-refractivity contribution < 1.29 is 27.5 Å². The summed E-state index contributed by atoms with van der Waals surface area (Å²) in [5.74, 6) is 0.0553. The molecule has 0 fully saturated rings. The molecular weight excluding hydrogens is 627 g/mol. The number of aryl methyl sites for hydroxylation is 1. The van der Waals surface area contributed by atoms with Crippen LogP contribution in [-0.2, 0) is 32.6 Å². The van der Waals surface area contributed by atoms with Crippen molar-refractivity contribution in [3.63, 3.8) is 0 Å². The number of ether oxygens (including phenoxy) is 2. The standard InChI is InChI=1S/C38H45N3O6S/c1-5-7-24-39-38(43)35(26-30-14-9-8-10-15-30)40(27-31-16-13-17-32(25-31)46-4)37(42)28-41(34-18-11-12-19-36(34)47-6-2)48(44,45)33-22-20-29(3)21-23-33/h8-23,25,35H,5-7,24,26-28H2,1-4H3,(H,39,43). The van der Waals surface area contributed by atoms with E-state index in [4.69, 9.17) is 9.47 Å². The van der Waals surface area contributed by atoms with Gasteiger partial charge in [0.15, 0.2) is 0 Å². The summed E-state index contributed by atoms with van der Waals surface area (Å²) in [5.41, 5.74) is 2.71. The molecule has 0 aromatic heterocycles. The van der Waals surface area contributed by atoms with Gasteiger partial charge in [-0.15, -0.1) is 0 Å². The Balaban J connectivity index is 1.83. The smallest absolute Gasteiger partial charge is 0.264 e. The SMILES string of the molecule is CCCCNC(=O)C(Cc1ccccc1)N(Cc1cccc(OC)c1)C(=O)CN(c1ccccc1OCC)S(=O)(=O)c1ccc(C)cc1. The van der Waals surface area contributed by atoms with Crippen LogP contribution < -0.4 is 19.1 Å². The highest BCUT2D eigenvalue weighted by atomic mass is 32.2. The number of rotatable bonds is 17. The maximum Gasteiger partial charge on any atom is 0.264 e. The van der Waals surface area contributed by atoms with Gasteiger partial charge in [0.2, 0.25) is 11.8 Å². The Morgan fingerprint density at radius 3 is 2.23 bits per heavy atom. The number of amides is 2. The van der Waals surface area contributed by atoms with E-state index >= 15 is 0 Å². The van der Waals surface area contributed by atoms with Crippen LogP contribution in [0.4, 0.5) is 5.69 Å². The molecule has 0 saturated heterocycles. The molecule has 10 heteroatoms. The number of nitrogens with one attached hydrogen (secondary N) is 1. The number of carbonyl (C=O) groups excluding carboxylic acids is 2. The molecule has 9 nitrogen and oxygen atoms in total. The Hall–Kier alpha value is -4.83. The van der Waals surface area contributed by atoms with Gasteiger partial charge in [-0.25, -0.2) is 8.42 Å². The number of unbranched alkanes of at least 4 members (excludes halogenated alkanes) is 1. The fourth-order valence-electron chi connectivity index (χ4n) is 5.32. The normalized spacial score (nSPS) is 11.8. The van der Waals surface area contributed by atoms with Crippen molar-refractivity contribution in [3.8, 4) is 11.5 Å². The topological polar surface area (TPSA) is 105 Å². The lowest BCUT2D eigenvalue weighted by atomic mass is 10.0. The Labute approximate surface area is 284 Å². The Morgan fingerprint density at radius 2 is 1.54 bits per heavy atom. The van der Waals surface area contributed by atoms with Gasteiger partial charge >= 0.3 is 0 Å². The van der Waals surface area contributed by atoms with E-state index in [0.717, 1.165) is 33.8 Å². The summed E-state index contributed by atoms with van der Waals surface area (Å²) >= 11 is 0. The molecule has 4 rings (SSSR count). The molecule has 4 aromatic rings. The largest absolute Gasteiger partial charge is 0.497 e. The third kappa shape index (κ3) is 9.38. The second-order valence-electron chi connectivity index (χ2n) is 11.4. The minimum absolute atomic E-state index is 0.0321. The summed E-state index contributed by atoms with van der Waals surface area (Å²) in [6.45, 7) is 5.94. The van der Waals surface area contributed by atoms with Crippen LogP contribution in [-0.4, -0.2) is 58.0 Å². The number of anilines is 1. The summed E-state index contributed by atoms with van der Waals surface area (Å²) in [6, 6.07) is 29.0. The van der Waals surface area contributed by atoms with Gasteiger partial charge in [0.05, 0.1) is 24.3 Å². The lowest BCUT2D eigenvalue weighted by Crippen LogP contribution is -2.53. The van der Waals surface area contributed by atoms with Crippen LogP contribution in [0.25, 0.3) is 0 Å². The first kappa shape index (κ1) is 36.0. The molecule has 0 heterocycles. The van der Waals surface area contributed by atoms with Crippen LogP contribution >= 0.6 is 0 Å². The molecule has 4 aromatic carbocycles. The zero-order chi connectivity index (χ0) is 34.5. The molecule has 0 saturated carbocycles. The van der Waals surface area contributed by atoms with Gasteiger partial charge in [-0.1, -0.05) is 85.6 Å². The van der Waals surface area contributed by atoms with E-state index < -0.39 is 28.5 Å². The van der Waals surface area contributed by atoms with E-state index in [9.17, 15) is 18.0 Å². The van der Waals surface area contributed by atoms with Crippen LogP contribution in [0.5, 0.6) is 11.5 Å². The van der Waals surface area contributed by atoms with E-state index in [0.29, 0.717) is 24.7 Å². The first-order chi connectivity index (χ1) is 23.2. The van der Waals surface area contributed by atoms with E-state index in [1.807, 2.05) is 63.2 Å². The zero-order valence-electron chi connectivity index (χ0n) is 28.1. The Kier molecular flexibility index (Phi) is 13.0. The molecule has 0 aliphatic carbocycles. The van der Waals surface area contributed by atoms with Gasteiger partial charge < -0.3 is 19.7 Å². The number of sulfonamides is 1. The maximum atomic E-state index is 14.7. The maximum absolute atomic E-state index is 14.7. The highest BCUT2D eigenvalue weighted by Crippen LogP contribution is 2.33. The lowest BCUT2D eigenvalue weighted by molar-refractivity contribution is -0.140. The van der Waals surface area contributed by atoms with Crippen LogP contribution in [0.3, 0.4) is 0 Å². The number of hydrogen-bond donors (Lipinski definition) is 1. The summed E-state index contributed by atoms with van der Waals surface area (Å²) in [5, 5.41) is 3.01.